The Balaban J connectivity index is 3.78. The fourth-order valence-electron chi connectivity index (χ4n) is 2.25. The molecule has 0 spiro atoms. The molecule has 0 heterocycles. The molecule has 0 aromatic heterocycles. The summed E-state index contributed by atoms with van der Waals surface area (Å²) in [5, 5.41) is 3.53. The molecule has 0 saturated heterocycles. The molecule has 2 nitrogen and oxygen atoms in total. The lowest BCUT2D eigenvalue weighted by molar-refractivity contribution is 0.175. The van der Waals surface area contributed by atoms with Crippen molar-refractivity contribution in [1.82, 2.24) is 5.32 Å². The van der Waals surface area contributed by atoms with E-state index in [4.69, 9.17) is 4.74 Å². The van der Waals surface area contributed by atoms with Crippen molar-refractivity contribution in [2.45, 2.75) is 53.9 Å². The van der Waals surface area contributed by atoms with Gasteiger partial charge in [-0.3, -0.25) is 0 Å². The van der Waals surface area contributed by atoms with Gasteiger partial charge < -0.3 is 10.1 Å². The highest BCUT2D eigenvalue weighted by Crippen LogP contribution is 2.35. The molecule has 0 aromatic rings. The Morgan fingerprint density at radius 2 is 1.69 bits per heavy atom. The van der Waals surface area contributed by atoms with Crippen molar-refractivity contribution < 1.29 is 4.74 Å². The van der Waals surface area contributed by atoms with E-state index in [9.17, 15) is 0 Å². The van der Waals surface area contributed by atoms with Gasteiger partial charge in [-0.1, -0.05) is 41.0 Å². The molecule has 0 rings (SSSR count). The van der Waals surface area contributed by atoms with Gasteiger partial charge in [-0.25, -0.2) is 0 Å². The van der Waals surface area contributed by atoms with Crippen molar-refractivity contribution in [3.63, 3.8) is 0 Å². The molecule has 0 fully saturated rings. The first-order valence-electron chi connectivity index (χ1n) is 6.53. The monoisotopic (exact) mass is 229 g/mol. The predicted octanol–water partition coefficient (Wildman–Crippen LogP) is 3.47. The minimum atomic E-state index is 0.382. The SMILES string of the molecule is CCC(C)(C)CC(C)(C)CNCCCOC. The lowest BCUT2D eigenvalue weighted by atomic mass is 9.73. The van der Waals surface area contributed by atoms with Crippen molar-refractivity contribution in [3.05, 3.63) is 0 Å². The number of nitrogens with one attached hydrogen (secondary N) is 1. The van der Waals surface area contributed by atoms with E-state index in [1.165, 1.54) is 12.8 Å². The summed E-state index contributed by atoms with van der Waals surface area (Å²) in [6.45, 7) is 14.7. The van der Waals surface area contributed by atoms with Crippen LogP contribution >= 0.6 is 0 Å². The Morgan fingerprint density at radius 3 is 2.19 bits per heavy atom. The average Bonchev–Trinajstić information content (AvgIpc) is 2.16. The second kappa shape index (κ2) is 7.29. The first kappa shape index (κ1) is 15.9. The minimum absolute atomic E-state index is 0.382. The Hall–Kier alpha value is -0.0800. The van der Waals surface area contributed by atoms with Gasteiger partial charge in [0.25, 0.3) is 0 Å². The minimum Gasteiger partial charge on any atom is -0.385 e. The van der Waals surface area contributed by atoms with Crippen LogP contribution < -0.4 is 5.32 Å². The molecular formula is C14H31NO. The Bertz CT molecular complexity index is 176. The van der Waals surface area contributed by atoms with Gasteiger partial charge in [-0.15, -0.1) is 0 Å². The highest BCUT2D eigenvalue weighted by Gasteiger charge is 2.26. The first-order chi connectivity index (χ1) is 7.33. The van der Waals surface area contributed by atoms with Gasteiger partial charge in [-0.2, -0.15) is 0 Å². The molecule has 0 amide bonds. The summed E-state index contributed by atoms with van der Waals surface area (Å²) >= 11 is 0. The van der Waals surface area contributed by atoms with Crippen LogP contribution in [0.1, 0.15) is 53.9 Å². The van der Waals surface area contributed by atoms with Gasteiger partial charge in [0.15, 0.2) is 0 Å². The highest BCUT2D eigenvalue weighted by atomic mass is 16.5. The van der Waals surface area contributed by atoms with E-state index < -0.39 is 0 Å². The summed E-state index contributed by atoms with van der Waals surface area (Å²) in [6, 6.07) is 0. The first-order valence-corrected chi connectivity index (χ1v) is 6.53. The molecule has 0 aliphatic heterocycles. The molecule has 0 saturated carbocycles. The molecule has 16 heavy (non-hydrogen) atoms. The predicted molar refractivity (Wildman–Crippen MR) is 71.8 cm³/mol. The van der Waals surface area contributed by atoms with E-state index in [-0.39, 0.29) is 0 Å². The van der Waals surface area contributed by atoms with E-state index >= 15 is 0 Å². The summed E-state index contributed by atoms with van der Waals surface area (Å²) in [6.07, 6.45) is 3.62. The maximum atomic E-state index is 5.03. The second-order valence-electron chi connectivity index (χ2n) is 6.38. The van der Waals surface area contributed by atoms with Crippen LogP contribution in [-0.4, -0.2) is 26.8 Å². The van der Waals surface area contributed by atoms with E-state index in [1.807, 2.05) is 0 Å². The Morgan fingerprint density at radius 1 is 1.06 bits per heavy atom. The topological polar surface area (TPSA) is 21.3 Å². The number of methoxy groups -OCH3 is 1. The van der Waals surface area contributed by atoms with Crippen molar-refractivity contribution >= 4 is 0 Å². The van der Waals surface area contributed by atoms with E-state index in [0.29, 0.717) is 10.8 Å². The van der Waals surface area contributed by atoms with Gasteiger partial charge in [0.05, 0.1) is 0 Å². The molecule has 0 unspecified atom stereocenters. The fraction of sp³-hybridized carbons (Fsp3) is 1.00. The third kappa shape index (κ3) is 8.12. The third-order valence-corrected chi connectivity index (χ3v) is 3.22. The van der Waals surface area contributed by atoms with E-state index in [2.05, 4.69) is 39.9 Å². The molecule has 0 bridgehead atoms. The Labute approximate surface area is 102 Å². The molecule has 0 radical (unpaired) electrons. The quantitative estimate of drug-likeness (QED) is 0.611. The van der Waals surface area contributed by atoms with Crippen LogP contribution in [0.3, 0.4) is 0 Å². The van der Waals surface area contributed by atoms with Gasteiger partial charge in [0.1, 0.15) is 0 Å². The van der Waals surface area contributed by atoms with Gasteiger partial charge in [0, 0.05) is 20.3 Å². The molecule has 0 aromatic carbocycles. The molecular weight excluding hydrogens is 198 g/mol. The molecule has 0 atom stereocenters. The normalized spacial score (nSPS) is 13.1. The molecule has 0 aliphatic rings. The van der Waals surface area contributed by atoms with Gasteiger partial charge in [-0.05, 0) is 30.2 Å². The Kier molecular flexibility index (Phi) is 7.25. The number of ether oxygens (including phenoxy) is 1. The third-order valence-electron chi connectivity index (χ3n) is 3.22. The largest absolute Gasteiger partial charge is 0.385 e. The van der Waals surface area contributed by atoms with Crippen LogP contribution in [0.15, 0.2) is 0 Å². The second-order valence-corrected chi connectivity index (χ2v) is 6.38. The van der Waals surface area contributed by atoms with Crippen LogP contribution in [-0.2, 0) is 4.74 Å². The maximum absolute atomic E-state index is 5.03. The van der Waals surface area contributed by atoms with Crippen LogP contribution in [0.5, 0.6) is 0 Å². The molecule has 98 valence electrons. The number of rotatable bonds is 9. The zero-order valence-electron chi connectivity index (χ0n) is 12.2. The molecule has 0 aliphatic carbocycles. The lowest BCUT2D eigenvalue weighted by Gasteiger charge is -2.34. The smallest absolute Gasteiger partial charge is 0.0474 e. The maximum Gasteiger partial charge on any atom is 0.0474 e. The van der Waals surface area contributed by atoms with Crippen LogP contribution in [0, 0.1) is 10.8 Å². The molecule has 2 heteroatoms. The highest BCUT2D eigenvalue weighted by molar-refractivity contribution is 4.80. The fourth-order valence-corrected chi connectivity index (χ4v) is 2.25. The van der Waals surface area contributed by atoms with Crippen molar-refractivity contribution in [3.8, 4) is 0 Å². The summed E-state index contributed by atoms with van der Waals surface area (Å²) in [4.78, 5) is 0. The van der Waals surface area contributed by atoms with Gasteiger partial charge in [0.2, 0.25) is 0 Å². The molecule has 1 N–H and O–H groups in total. The van der Waals surface area contributed by atoms with Crippen LogP contribution in [0.25, 0.3) is 0 Å². The summed E-state index contributed by atoms with van der Waals surface area (Å²) in [5.74, 6) is 0. The van der Waals surface area contributed by atoms with Crippen molar-refractivity contribution in [2.24, 2.45) is 10.8 Å². The van der Waals surface area contributed by atoms with E-state index in [1.54, 1.807) is 7.11 Å². The number of hydrogen-bond acceptors (Lipinski definition) is 2. The van der Waals surface area contributed by atoms with Crippen molar-refractivity contribution in [2.75, 3.05) is 26.8 Å². The summed E-state index contributed by atoms with van der Waals surface area (Å²) in [7, 11) is 1.76. The number of hydrogen-bond donors (Lipinski definition) is 1. The van der Waals surface area contributed by atoms with Crippen molar-refractivity contribution in [1.29, 1.82) is 0 Å². The summed E-state index contributed by atoms with van der Waals surface area (Å²) in [5.41, 5.74) is 0.838. The average molecular weight is 229 g/mol. The zero-order valence-corrected chi connectivity index (χ0v) is 12.2. The summed E-state index contributed by atoms with van der Waals surface area (Å²) < 4.78 is 5.03. The van der Waals surface area contributed by atoms with Crippen LogP contribution in [0.2, 0.25) is 0 Å². The van der Waals surface area contributed by atoms with Gasteiger partial charge >= 0.3 is 0 Å². The van der Waals surface area contributed by atoms with E-state index in [0.717, 1.165) is 26.1 Å². The standard InChI is InChI=1S/C14H31NO/c1-7-13(2,3)11-14(4,5)12-15-9-8-10-16-6/h15H,7-12H2,1-6H3. The van der Waals surface area contributed by atoms with Crippen LogP contribution in [0.4, 0.5) is 0 Å². The zero-order chi connectivity index (χ0) is 12.7. The lowest BCUT2D eigenvalue weighted by Crippen LogP contribution is -2.34.